The number of amides is 1. The number of aromatic nitrogens is 1. The molecule has 4 nitrogen and oxygen atoms in total. The molecule has 0 aliphatic carbocycles. The van der Waals surface area contributed by atoms with Crippen LogP contribution in [0.4, 0.5) is 5.82 Å². The minimum absolute atomic E-state index is 0.101. The zero-order valence-electron chi connectivity index (χ0n) is 11.4. The molecule has 2 atom stereocenters. The minimum atomic E-state index is 0.101. The summed E-state index contributed by atoms with van der Waals surface area (Å²) in [5.41, 5.74) is 1.12. The lowest BCUT2D eigenvalue weighted by atomic mass is 9.89. The number of carbonyl (C=O) groups is 1. The Kier molecular flexibility index (Phi) is 3.51. The third kappa shape index (κ3) is 3.13. The van der Waals surface area contributed by atoms with Crippen LogP contribution in [0.2, 0.25) is 0 Å². The van der Waals surface area contributed by atoms with Crippen molar-refractivity contribution in [2.24, 2.45) is 5.92 Å². The van der Waals surface area contributed by atoms with Gasteiger partial charge in [-0.25, -0.2) is 4.98 Å². The smallest absolute Gasteiger partial charge is 0.225 e. The van der Waals surface area contributed by atoms with Crippen molar-refractivity contribution < 1.29 is 4.79 Å². The lowest BCUT2D eigenvalue weighted by Crippen LogP contribution is -2.39. The van der Waals surface area contributed by atoms with Gasteiger partial charge in [-0.3, -0.25) is 4.79 Å². The molecule has 19 heavy (non-hydrogen) atoms. The highest BCUT2D eigenvalue weighted by atomic mass is 16.1. The van der Waals surface area contributed by atoms with Gasteiger partial charge < -0.3 is 10.6 Å². The summed E-state index contributed by atoms with van der Waals surface area (Å²) in [5.74, 6) is 1.30. The Morgan fingerprint density at radius 2 is 2.16 bits per heavy atom. The van der Waals surface area contributed by atoms with Crippen molar-refractivity contribution in [1.82, 2.24) is 10.3 Å². The average Bonchev–Trinajstić information content (AvgIpc) is 2.68. The van der Waals surface area contributed by atoms with Crippen LogP contribution in [-0.4, -0.2) is 23.0 Å². The van der Waals surface area contributed by atoms with E-state index in [4.69, 9.17) is 0 Å². The number of nitrogens with zero attached hydrogens (tertiary/aromatic N) is 1. The fourth-order valence-electron chi connectivity index (χ4n) is 3.40. The third-order valence-corrected chi connectivity index (χ3v) is 4.23. The second kappa shape index (κ2) is 5.29. The number of rotatable bonds is 3. The lowest BCUT2D eigenvalue weighted by Gasteiger charge is -2.28. The first kappa shape index (κ1) is 12.6. The molecule has 2 saturated heterocycles. The van der Waals surface area contributed by atoms with Gasteiger partial charge in [0.2, 0.25) is 5.91 Å². The molecule has 2 bridgehead atoms. The maximum atomic E-state index is 12.1. The van der Waals surface area contributed by atoms with E-state index in [1.165, 1.54) is 12.8 Å². The molecule has 0 saturated carbocycles. The molecule has 2 aliphatic rings. The summed E-state index contributed by atoms with van der Waals surface area (Å²) in [6, 6.07) is 5.13. The summed E-state index contributed by atoms with van der Waals surface area (Å²) in [7, 11) is 0. The van der Waals surface area contributed by atoms with E-state index >= 15 is 0 Å². The lowest BCUT2D eigenvalue weighted by molar-refractivity contribution is -0.117. The monoisotopic (exact) mass is 259 g/mol. The first-order chi connectivity index (χ1) is 9.19. The Balaban J connectivity index is 1.54. The van der Waals surface area contributed by atoms with Crippen LogP contribution in [0.1, 0.15) is 37.7 Å². The van der Waals surface area contributed by atoms with Gasteiger partial charge >= 0.3 is 0 Å². The van der Waals surface area contributed by atoms with Crippen molar-refractivity contribution in [3.8, 4) is 0 Å². The summed E-state index contributed by atoms with van der Waals surface area (Å²) in [6.07, 6.45) is 7.21. The molecule has 2 N–H and O–H groups in total. The quantitative estimate of drug-likeness (QED) is 0.875. The van der Waals surface area contributed by atoms with Crippen LogP contribution < -0.4 is 10.6 Å². The predicted molar refractivity (Wildman–Crippen MR) is 74.9 cm³/mol. The fourth-order valence-corrected chi connectivity index (χ4v) is 3.40. The van der Waals surface area contributed by atoms with Crippen LogP contribution in [0, 0.1) is 12.8 Å². The third-order valence-electron chi connectivity index (χ3n) is 4.23. The molecule has 2 unspecified atom stereocenters. The molecule has 1 aromatic heterocycles. The Hall–Kier alpha value is -1.42. The molecule has 3 heterocycles. The van der Waals surface area contributed by atoms with Crippen molar-refractivity contribution in [1.29, 1.82) is 0 Å². The average molecular weight is 259 g/mol. The Morgan fingerprint density at radius 1 is 1.42 bits per heavy atom. The normalized spacial score (nSPS) is 29.2. The highest BCUT2D eigenvalue weighted by Crippen LogP contribution is 2.32. The van der Waals surface area contributed by atoms with E-state index in [0.29, 0.717) is 30.2 Å². The molecule has 1 aromatic rings. The fraction of sp³-hybridized carbons (Fsp3) is 0.600. The number of carbonyl (C=O) groups excluding carboxylic acids is 1. The van der Waals surface area contributed by atoms with Crippen molar-refractivity contribution in [2.45, 2.75) is 51.1 Å². The molecule has 3 rings (SSSR count). The Morgan fingerprint density at radius 3 is 2.84 bits per heavy atom. The van der Waals surface area contributed by atoms with Gasteiger partial charge in [-0.15, -0.1) is 0 Å². The minimum Gasteiger partial charge on any atom is -0.311 e. The van der Waals surface area contributed by atoms with Crippen LogP contribution in [0.25, 0.3) is 0 Å². The summed E-state index contributed by atoms with van der Waals surface area (Å²) in [6.45, 7) is 2.00. The summed E-state index contributed by atoms with van der Waals surface area (Å²) >= 11 is 0. The van der Waals surface area contributed by atoms with Gasteiger partial charge in [0.25, 0.3) is 0 Å². The molecule has 2 fully saturated rings. The Labute approximate surface area is 114 Å². The second-order valence-electron chi connectivity index (χ2n) is 5.95. The first-order valence-electron chi connectivity index (χ1n) is 7.17. The zero-order chi connectivity index (χ0) is 13.2. The van der Waals surface area contributed by atoms with Crippen molar-refractivity contribution in [3.63, 3.8) is 0 Å². The molecule has 0 aromatic carbocycles. The van der Waals surface area contributed by atoms with Gasteiger partial charge in [-0.1, -0.05) is 0 Å². The van der Waals surface area contributed by atoms with E-state index < -0.39 is 0 Å². The molecule has 1 amide bonds. The topological polar surface area (TPSA) is 54.0 Å². The van der Waals surface area contributed by atoms with Crippen molar-refractivity contribution in [2.75, 3.05) is 5.32 Å². The summed E-state index contributed by atoms with van der Waals surface area (Å²) < 4.78 is 0. The van der Waals surface area contributed by atoms with Crippen LogP contribution >= 0.6 is 0 Å². The first-order valence-corrected chi connectivity index (χ1v) is 7.17. The standard InChI is InChI=1S/C15H21N3O/c1-10-4-5-16-14(6-10)18-15(19)9-11-7-12-2-3-13(8-11)17-12/h4-6,11-13,17H,2-3,7-9H2,1H3,(H,16,18,19). The number of hydrogen-bond donors (Lipinski definition) is 2. The van der Waals surface area contributed by atoms with E-state index in [-0.39, 0.29) is 5.91 Å². The van der Waals surface area contributed by atoms with Gasteiger partial charge in [0, 0.05) is 24.7 Å². The molecular formula is C15H21N3O. The van der Waals surface area contributed by atoms with Crippen LogP contribution in [-0.2, 0) is 4.79 Å². The number of fused-ring (bicyclic) bond motifs is 2. The van der Waals surface area contributed by atoms with Crippen LogP contribution in [0.5, 0.6) is 0 Å². The van der Waals surface area contributed by atoms with E-state index in [2.05, 4.69) is 15.6 Å². The van der Waals surface area contributed by atoms with E-state index in [1.54, 1.807) is 6.20 Å². The highest BCUT2D eigenvalue weighted by molar-refractivity contribution is 5.89. The zero-order valence-corrected chi connectivity index (χ0v) is 11.4. The maximum Gasteiger partial charge on any atom is 0.225 e. The molecule has 0 radical (unpaired) electrons. The molecular weight excluding hydrogens is 238 g/mol. The van der Waals surface area contributed by atoms with Crippen molar-refractivity contribution >= 4 is 11.7 Å². The predicted octanol–water partition coefficient (Wildman–Crippen LogP) is 2.25. The van der Waals surface area contributed by atoms with Gasteiger partial charge in [0.05, 0.1) is 0 Å². The molecule has 4 heteroatoms. The summed E-state index contributed by atoms with van der Waals surface area (Å²) in [5, 5.41) is 6.52. The van der Waals surface area contributed by atoms with Crippen LogP contribution in [0.3, 0.4) is 0 Å². The van der Waals surface area contributed by atoms with Gasteiger partial charge in [0.1, 0.15) is 5.82 Å². The van der Waals surface area contributed by atoms with E-state index in [0.717, 1.165) is 18.4 Å². The number of hydrogen-bond acceptors (Lipinski definition) is 3. The molecule has 102 valence electrons. The SMILES string of the molecule is Cc1ccnc(NC(=O)CC2CC3CCC(C2)N3)c1. The largest absolute Gasteiger partial charge is 0.311 e. The number of pyridine rings is 1. The van der Waals surface area contributed by atoms with Gasteiger partial charge in [-0.05, 0) is 56.2 Å². The van der Waals surface area contributed by atoms with Crippen LogP contribution in [0.15, 0.2) is 18.3 Å². The highest BCUT2D eigenvalue weighted by Gasteiger charge is 2.34. The van der Waals surface area contributed by atoms with E-state index in [9.17, 15) is 4.79 Å². The van der Waals surface area contributed by atoms with Gasteiger partial charge in [0.15, 0.2) is 0 Å². The number of piperidine rings is 1. The molecule has 2 aliphatic heterocycles. The number of anilines is 1. The summed E-state index contributed by atoms with van der Waals surface area (Å²) in [4.78, 5) is 16.2. The van der Waals surface area contributed by atoms with Crippen molar-refractivity contribution in [3.05, 3.63) is 23.9 Å². The number of nitrogens with one attached hydrogen (secondary N) is 2. The number of aryl methyl sites for hydroxylation is 1. The molecule has 0 spiro atoms. The van der Waals surface area contributed by atoms with Gasteiger partial charge in [-0.2, -0.15) is 0 Å². The maximum absolute atomic E-state index is 12.1. The van der Waals surface area contributed by atoms with E-state index in [1.807, 2.05) is 19.1 Å². The second-order valence-corrected chi connectivity index (χ2v) is 5.95. The Bertz CT molecular complexity index is 462.